The molecule has 2 atom stereocenters. The molecule has 0 saturated carbocycles. The molecule has 0 fully saturated rings. The quantitative estimate of drug-likeness (QED) is 0.656. The van der Waals surface area contributed by atoms with E-state index in [2.05, 4.69) is 17.5 Å². The standard InChI is InChI=1S/C12H21NO2/c1-2-11(7-8-14)13-12(15)9-10-5-3-4-6-10/h3,5,10-11,14H,2,4,6-9H2,1H3,(H,13,15). The van der Waals surface area contributed by atoms with Crippen LogP contribution in [-0.4, -0.2) is 23.7 Å². The van der Waals surface area contributed by atoms with Gasteiger partial charge in [-0.15, -0.1) is 0 Å². The Morgan fingerprint density at radius 2 is 2.47 bits per heavy atom. The number of hydrogen-bond donors (Lipinski definition) is 2. The van der Waals surface area contributed by atoms with Gasteiger partial charge in [0.1, 0.15) is 0 Å². The number of aliphatic hydroxyl groups is 1. The SMILES string of the molecule is CCC(CCO)NC(=O)CC1C=CCC1. The number of amides is 1. The lowest BCUT2D eigenvalue weighted by Gasteiger charge is -2.16. The number of carbonyl (C=O) groups excluding carboxylic acids is 1. The zero-order valence-electron chi connectivity index (χ0n) is 9.41. The van der Waals surface area contributed by atoms with Crippen LogP contribution in [-0.2, 0) is 4.79 Å². The Bertz CT molecular complexity index is 226. The van der Waals surface area contributed by atoms with Crippen LogP contribution in [0.1, 0.15) is 39.0 Å². The van der Waals surface area contributed by atoms with Crippen LogP contribution in [0.3, 0.4) is 0 Å². The van der Waals surface area contributed by atoms with Crippen molar-refractivity contribution in [2.75, 3.05) is 6.61 Å². The van der Waals surface area contributed by atoms with E-state index in [4.69, 9.17) is 5.11 Å². The largest absolute Gasteiger partial charge is 0.396 e. The van der Waals surface area contributed by atoms with Crippen molar-refractivity contribution in [2.24, 2.45) is 5.92 Å². The first-order chi connectivity index (χ1) is 7.26. The lowest BCUT2D eigenvalue weighted by Crippen LogP contribution is -2.35. The summed E-state index contributed by atoms with van der Waals surface area (Å²) in [5, 5.41) is 11.8. The maximum atomic E-state index is 11.6. The summed E-state index contributed by atoms with van der Waals surface area (Å²) in [5.41, 5.74) is 0. The number of allylic oxidation sites excluding steroid dienone is 2. The van der Waals surface area contributed by atoms with Gasteiger partial charge in [-0.25, -0.2) is 0 Å². The molecule has 0 aliphatic heterocycles. The minimum Gasteiger partial charge on any atom is -0.396 e. The summed E-state index contributed by atoms with van der Waals surface area (Å²) in [6, 6.07) is 0.132. The molecule has 1 aliphatic carbocycles. The Hall–Kier alpha value is -0.830. The van der Waals surface area contributed by atoms with Crippen molar-refractivity contribution in [3.63, 3.8) is 0 Å². The Labute approximate surface area is 91.6 Å². The zero-order chi connectivity index (χ0) is 11.1. The van der Waals surface area contributed by atoms with E-state index in [1.807, 2.05) is 6.92 Å². The third-order valence-corrected chi connectivity index (χ3v) is 2.90. The second kappa shape index (κ2) is 6.62. The fourth-order valence-electron chi connectivity index (χ4n) is 1.92. The first-order valence-electron chi connectivity index (χ1n) is 5.83. The maximum absolute atomic E-state index is 11.6. The summed E-state index contributed by atoms with van der Waals surface area (Å²) in [6.45, 7) is 2.16. The first-order valence-corrected chi connectivity index (χ1v) is 5.83. The highest BCUT2D eigenvalue weighted by Crippen LogP contribution is 2.20. The van der Waals surface area contributed by atoms with Crippen molar-refractivity contribution in [1.82, 2.24) is 5.32 Å². The van der Waals surface area contributed by atoms with Gasteiger partial charge in [0, 0.05) is 19.1 Å². The van der Waals surface area contributed by atoms with Gasteiger partial charge in [-0.2, -0.15) is 0 Å². The van der Waals surface area contributed by atoms with E-state index in [0.717, 1.165) is 19.3 Å². The Morgan fingerprint density at radius 1 is 1.67 bits per heavy atom. The van der Waals surface area contributed by atoms with Gasteiger partial charge < -0.3 is 10.4 Å². The van der Waals surface area contributed by atoms with Gasteiger partial charge in [0.2, 0.25) is 5.91 Å². The fourth-order valence-corrected chi connectivity index (χ4v) is 1.92. The minimum absolute atomic E-state index is 0.117. The molecule has 0 saturated heterocycles. The summed E-state index contributed by atoms with van der Waals surface area (Å²) >= 11 is 0. The second-order valence-corrected chi connectivity index (χ2v) is 4.15. The number of hydrogen-bond acceptors (Lipinski definition) is 2. The predicted molar refractivity (Wildman–Crippen MR) is 60.4 cm³/mol. The van der Waals surface area contributed by atoms with E-state index in [9.17, 15) is 4.79 Å². The molecule has 0 bridgehead atoms. The van der Waals surface area contributed by atoms with E-state index in [-0.39, 0.29) is 18.6 Å². The summed E-state index contributed by atoms with van der Waals surface area (Å²) < 4.78 is 0. The molecule has 2 unspecified atom stereocenters. The lowest BCUT2D eigenvalue weighted by molar-refractivity contribution is -0.122. The van der Waals surface area contributed by atoms with Crippen molar-refractivity contribution in [2.45, 2.75) is 45.1 Å². The van der Waals surface area contributed by atoms with Gasteiger partial charge in [0.05, 0.1) is 0 Å². The van der Waals surface area contributed by atoms with E-state index in [1.165, 1.54) is 0 Å². The van der Waals surface area contributed by atoms with Crippen LogP contribution in [0.4, 0.5) is 0 Å². The topological polar surface area (TPSA) is 49.3 Å². The molecule has 15 heavy (non-hydrogen) atoms. The highest BCUT2D eigenvalue weighted by Gasteiger charge is 2.16. The van der Waals surface area contributed by atoms with Gasteiger partial charge in [0.25, 0.3) is 0 Å². The van der Waals surface area contributed by atoms with E-state index < -0.39 is 0 Å². The zero-order valence-corrected chi connectivity index (χ0v) is 9.41. The normalized spacial score (nSPS) is 21.6. The van der Waals surface area contributed by atoms with Gasteiger partial charge in [0.15, 0.2) is 0 Å². The van der Waals surface area contributed by atoms with Crippen LogP contribution in [0.25, 0.3) is 0 Å². The average molecular weight is 211 g/mol. The summed E-state index contributed by atoms with van der Waals surface area (Å²) in [4.78, 5) is 11.6. The molecule has 1 aliphatic rings. The molecule has 3 nitrogen and oxygen atoms in total. The summed E-state index contributed by atoms with van der Waals surface area (Å²) in [6.07, 6.45) is 8.61. The molecule has 0 spiro atoms. The number of aliphatic hydroxyl groups excluding tert-OH is 1. The molecular weight excluding hydrogens is 190 g/mol. The van der Waals surface area contributed by atoms with Crippen LogP contribution in [0.5, 0.6) is 0 Å². The Kier molecular flexibility index (Phi) is 5.40. The van der Waals surface area contributed by atoms with Crippen LogP contribution in [0.15, 0.2) is 12.2 Å². The molecule has 0 aromatic rings. The van der Waals surface area contributed by atoms with E-state index in [1.54, 1.807) is 0 Å². The van der Waals surface area contributed by atoms with E-state index >= 15 is 0 Å². The van der Waals surface area contributed by atoms with Crippen LogP contribution in [0.2, 0.25) is 0 Å². The molecular formula is C12H21NO2. The van der Waals surface area contributed by atoms with Crippen LogP contribution >= 0.6 is 0 Å². The van der Waals surface area contributed by atoms with Crippen molar-refractivity contribution in [3.8, 4) is 0 Å². The van der Waals surface area contributed by atoms with Crippen molar-refractivity contribution < 1.29 is 9.90 Å². The maximum Gasteiger partial charge on any atom is 0.220 e. The van der Waals surface area contributed by atoms with Gasteiger partial charge in [-0.05, 0) is 31.6 Å². The van der Waals surface area contributed by atoms with Gasteiger partial charge >= 0.3 is 0 Å². The minimum atomic E-state index is 0.117. The average Bonchev–Trinajstić information content (AvgIpc) is 2.69. The van der Waals surface area contributed by atoms with Crippen LogP contribution < -0.4 is 5.32 Å². The third kappa shape index (κ3) is 4.47. The van der Waals surface area contributed by atoms with Crippen molar-refractivity contribution in [3.05, 3.63) is 12.2 Å². The number of nitrogens with one attached hydrogen (secondary N) is 1. The van der Waals surface area contributed by atoms with Crippen molar-refractivity contribution >= 4 is 5.91 Å². The lowest BCUT2D eigenvalue weighted by atomic mass is 10.0. The third-order valence-electron chi connectivity index (χ3n) is 2.90. The first kappa shape index (κ1) is 12.2. The molecule has 2 N–H and O–H groups in total. The molecule has 0 aromatic carbocycles. The molecule has 3 heteroatoms. The molecule has 86 valence electrons. The smallest absolute Gasteiger partial charge is 0.220 e. The Morgan fingerprint density at radius 3 is 3.00 bits per heavy atom. The highest BCUT2D eigenvalue weighted by atomic mass is 16.3. The second-order valence-electron chi connectivity index (χ2n) is 4.15. The van der Waals surface area contributed by atoms with Crippen molar-refractivity contribution in [1.29, 1.82) is 0 Å². The molecule has 1 rings (SSSR count). The fraction of sp³-hybridized carbons (Fsp3) is 0.750. The summed E-state index contributed by atoms with van der Waals surface area (Å²) in [5.74, 6) is 0.545. The van der Waals surface area contributed by atoms with Crippen LogP contribution in [0, 0.1) is 5.92 Å². The molecule has 0 aromatic heterocycles. The number of carbonyl (C=O) groups is 1. The monoisotopic (exact) mass is 211 g/mol. The van der Waals surface area contributed by atoms with Gasteiger partial charge in [-0.1, -0.05) is 19.1 Å². The number of rotatable bonds is 6. The predicted octanol–water partition coefficient (Wildman–Crippen LogP) is 1.62. The molecule has 0 radical (unpaired) electrons. The highest BCUT2D eigenvalue weighted by molar-refractivity contribution is 5.76. The molecule has 1 amide bonds. The van der Waals surface area contributed by atoms with Gasteiger partial charge in [-0.3, -0.25) is 4.79 Å². The van der Waals surface area contributed by atoms with E-state index in [0.29, 0.717) is 18.8 Å². The molecule has 0 heterocycles. The Balaban J connectivity index is 2.24. The summed E-state index contributed by atoms with van der Waals surface area (Å²) in [7, 11) is 0.